The molecule has 0 aliphatic heterocycles. The molecule has 2 aromatic rings. The summed E-state index contributed by atoms with van der Waals surface area (Å²) in [5.41, 5.74) is 1.78. The standard InChI is InChI=1S/C13H13BrO3/c1-8(3-5-15)10-7-11(16-2)13-9(12(10)14)4-6-17-13/h4-8H,3H2,1-2H3. The van der Waals surface area contributed by atoms with Crippen molar-refractivity contribution < 1.29 is 13.9 Å². The van der Waals surface area contributed by atoms with Crippen molar-refractivity contribution in [3.05, 3.63) is 28.4 Å². The molecule has 17 heavy (non-hydrogen) atoms. The lowest BCUT2D eigenvalue weighted by Crippen LogP contribution is -1.97. The molecule has 90 valence electrons. The molecule has 2 rings (SSSR count). The molecule has 1 heterocycles. The minimum atomic E-state index is 0.148. The molecule has 0 aliphatic rings. The van der Waals surface area contributed by atoms with Crippen LogP contribution in [0.1, 0.15) is 24.8 Å². The average Bonchev–Trinajstić information content (AvgIpc) is 2.79. The Balaban J connectivity index is 2.63. The van der Waals surface area contributed by atoms with Gasteiger partial charge in [0, 0.05) is 16.3 Å². The van der Waals surface area contributed by atoms with Crippen LogP contribution in [0.15, 0.2) is 27.3 Å². The highest BCUT2D eigenvalue weighted by Crippen LogP contribution is 2.39. The molecule has 1 unspecified atom stereocenters. The van der Waals surface area contributed by atoms with Gasteiger partial charge < -0.3 is 13.9 Å². The third kappa shape index (κ3) is 2.09. The van der Waals surface area contributed by atoms with Gasteiger partial charge in [-0.3, -0.25) is 0 Å². The third-order valence-electron chi connectivity index (χ3n) is 2.87. The minimum absolute atomic E-state index is 0.148. The van der Waals surface area contributed by atoms with Crippen LogP contribution in [0, 0.1) is 0 Å². The molecule has 0 fully saturated rings. The number of carbonyl (C=O) groups is 1. The molecule has 4 heteroatoms. The topological polar surface area (TPSA) is 39.4 Å². The zero-order chi connectivity index (χ0) is 12.4. The van der Waals surface area contributed by atoms with Gasteiger partial charge in [-0.25, -0.2) is 0 Å². The van der Waals surface area contributed by atoms with Gasteiger partial charge in [-0.1, -0.05) is 6.92 Å². The van der Waals surface area contributed by atoms with Crippen molar-refractivity contribution in [3.63, 3.8) is 0 Å². The lowest BCUT2D eigenvalue weighted by atomic mass is 9.97. The Bertz CT molecular complexity index is 545. The van der Waals surface area contributed by atoms with Crippen molar-refractivity contribution in [2.45, 2.75) is 19.3 Å². The predicted molar refractivity (Wildman–Crippen MR) is 69.6 cm³/mol. The molecule has 1 atom stereocenters. The number of rotatable bonds is 4. The highest BCUT2D eigenvalue weighted by molar-refractivity contribution is 9.10. The number of furan rings is 1. The first-order valence-corrected chi connectivity index (χ1v) is 6.15. The van der Waals surface area contributed by atoms with E-state index in [1.54, 1.807) is 13.4 Å². The van der Waals surface area contributed by atoms with Crippen molar-refractivity contribution in [2.24, 2.45) is 0 Å². The molecular weight excluding hydrogens is 284 g/mol. The van der Waals surface area contributed by atoms with Crippen LogP contribution in [0.4, 0.5) is 0 Å². The van der Waals surface area contributed by atoms with Gasteiger partial charge in [0.15, 0.2) is 11.3 Å². The van der Waals surface area contributed by atoms with Crippen LogP contribution in [0.5, 0.6) is 5.75 Å². The third-order valence-corrected chi connectivity index (χ3v) is 3.75. The first kappa shape index (κ1) is 12.2. The molecule has 0 aliphatic carbocycles. The number of hydrogen-bond acceptors (Lipinski definition) is 3. The fraction of sp³-hybridized carbons (Fsp3) is 0.308. The smallest absolute Gasteiger partial charge is 0.176 e. The lowest BCUT2D eigenvalue weighted by molar-refractivity contribution is -0.108. The molecule has 0 saturated carbocycles. The summed E-state index contributed by atoms with van der Waals surface area (Å²) in [6.45, 7) is 2.01. The van der Waals surface area contributed by atoms with Crippen LogP contribution >= 0.6 is 15.9 Å². The molecule has 0 spiro atoms. The van der Waals surface area contributed by atoms with E-state index in [-0.39, 0.29) is 5.92 Å². The number of aldehydes is 1. The van der Waals surface area contributed by atoms with Gasteiger partial charge in [-0.15, -0.1) is 0 Å². The molecule has 0 radical (unpaired) electrons. The molecule has 0 bridgehead atoms. The van der Waals surface area contributed by atoms with E-state index < -0.39 is 0 Å². The van der Waals surface area contributed by atoms with E-state index in [0.717, 1.165) is 27.3 Å². The predicted octanol–water partition coefficient (Wildman–Crippen LogP) is 3.90. The number of methoxy groups -OCH3 is 1. The first-order chi connectivity index (χ1) is 8.19. The van der Waals surface area contributed by atoms with E-state index in [0.29, 0.717) is 12.2 Å². The molecule has 1 aromatic carbocycles. The summed E-state index contributed by atoms with van der Waals surface area (Å²) < 4.78 is 11.7. The highest BCUT2D eigenvalue weighted by atomic mass is 79.9. The Morgan fingerprint density at radius 1 is 1.59 bits per heavy atom. The van der Waals surface area contributed by atoms with Crippen LogP contribution in [-0.4, -0.2) is 13.4 Å². The maximum absolute atomic E-state index is 10.6. The monoisotopic (exact) mass is 296 g/mol. The van der Waals surface area contributed by atoms with Crippen LogP contribution < -0.4 is 4.74 Å². The van der Waals surface area contributed by atoms with Crippen molar-refractivity contribution >= 4 is 33.2 Å². The average molecular weight is 297 g/mol. The second-order valence-electron chi connectivity index (χ2n) is 3.95. The quantitative estimate of drug-likeness (QED) is 0.804. The van der Waals surface area contributed by atoms with Crippen LogP contribution in [0.25, 0.3) is 11.0 Å². The van der Waals surface area contributed by atoms with E-state index in [1.165, 1.54) is 0 Å². The lowest BCUT2D eigenvalue weighted by Gasteiger charge is -2.13. The number of hydrogen-bond donors (Lipinski definition) is 0. The Kier molecular flexibility index (Phi) is 3.52. The fourth-order valence-corrected chi connectivity index (χ4v) is 2.70. The van der Waals surface area contributed by atoms with Crippen LogP contribution in [0.2, 0.25) is 0 Å². The van der Waals surface area contributed by atoms with E-state index in [4.69, 9.17) is 9.15 Å². The summed E-state index contributed by atoms with van der Waals surface area (Å²) in [7, 11) is 1.61. The normalized spacial score (nSPS) is 12.6. The van der Waals surface area contributed by atoms with Gasteiger partial charge >= 0.3 is 0 Å². The van der Waals surface area contributed by atoms with Gasteiger partial charge in [0.1, 0.15) is 6.29 Å². The minimum Gasteiger partial charge on any atom is -0.493 e. The Morgan fingerprint density at radius 3 is 3.00 bits per heavy atom. The van der Waals surface area contributed by atoms with Crippen LogP contribution in [0.3, 0.4) is 0 Å². The SMILES string of the molecule is COc1cc(C(C)CC=O)c(Br)c2ccoc12. The van der Waals surface area contributed by atoms with Crippen LogP contribution in [-0.2, 0) is 4.79 Å². The number of fused-ring (bicyclic) bond motifs is 1. The summed E-state index contributed by atoms with van der Waals surface area (Å²) in [5, 5.41) is 0.970. The Morgan fingerprint density at radius 2 is 2.35 bits per heavy atom. The molecular formula is C13H13BrO3. The van der Waals surface area contributed by atoms with Crippen molar-refractivity contribution in [3.8, 4) is 5.75 Å². The summed E-state index contributed by atoms with van der Waals surface area (Å²) in [5.74, 6) is 0.844. The van der Waals surface area contributed by atoms with E-state index in [1.807, 2.05) is 19.1 Å². The zero-order valence-corrected chi connectivity index (χ0v) is 11.3. The summed E-state index contributed by atoms with van der Waals surface area (Å²) in [6, 6.07) is 3.81. The fourth-order valence-electron chi connectivity index (χ4n) is 1.88. The number of carbonyl (C=O) groups excluding carboxylic acids is 1. The van der Waals surface area contributed by atoms with Crippen molar-refractivity contribution in [1.29, 1.82) is 0 Å². The zero-order valence-electron chi connectivity index (χ0n) is 9.70. The summed E-state index contributed by atoms with van der Waals surface area (Å²) >= 11 is 3.56. The largest absolute Gasteiger partial charge is 0.493 e. The number of benzene rings is 1. The second kappa shape index (κ2) is 4.92. The summed E-state index contributed by atoms with van der Waals surface area (Å²) in [4.78, 5) is 10.6. The number of ether oxygens (including phenoxy) is 1. The molecule has 1 aromatic heterocycles. The van der Waals surface area contributed by atoms with Gasteiger partial charge in [0.2, 0.25) is 0 Å². The summed E-state index contributed by atoms with van der Waals surface area (Å²) in [6.07, 6.45) is 3.06. The maximum atomic E-state index is 10.6. The molecule has 0 N–H and O–H groups in total. The molecule has 0 amide bonds. The van der Waals surface area contributed by atoms with E-state index in [2.05, 4.69) is 15.9 Å². The Hall–Kier alpha value is -1.29. The van der Waals surface area contributed by atoms with Gasteiger partial charge in [0.05, 0.1) is 13.4 Å². The van der Waals surface area contributed by atoms with Gasteiger partial charge in [0.25, 0.3) is 0 Å². The van der Waals surface area contributed by atoms with E-state index in [9.17, 15) is 4.79 Å². The second-order valence-corrected chi connectivity index (χ2v) is 4.74. The number of halogens is 1. The Labute approximate surface area is 108 Å². The van der Waals surface area contributed by atoms with E-state index >= 15 is 0 Å². The molecule has 0 saturated heterocycles. The highest BCUT2D eigenvalue weighted by Gasteiger charge is 2.17. The van der Waals surface area contributed by atoms with Gasteiger partial charge in [-0.2, -0.15) is 0 Å². The van der Waals surface area contributed by atoms with Crippen molar-refractivity contribution in [2.75, 3.05) is 7.11 Å². The maximum Gasteiger partial charge on any atom is 0.176 e. The van der Waals surface area contributed by atoms with Gasteiger partial charge in [-0.05, 0) is 39.5 Å². The first-order valence-electron chi connectivity index (χ1n) is 5.36. The molecule has 3 nitrogen and oxygen atoms in total. The van der Waals surface area contributed by atoms with Crippen molar-refractivity contribution in [1.82, 2.24) is 0 Å².